The van der Waals surface area contributed by atoms with Crippen LogP contribution in [-0.2, 0) is 16.6 Å². The van der Waals surface area contributed by atoms with Crippen LogP contribution in [0.3, 0.4) is 0 Å². The van der Waals surface area contributed by atoms with Gasteiger partial charge in [-0.15, -0.1) is 0 Å². The van der Waals surface area contributed by atoms with Crippen LogP contribution in [0.2, 0.25) is 0 Å². The highest BCUT2D eigenvalue weighted by Crippen LogP contribution is 2.37. The second-order valence-corrected chi connectivity index (χ2v) is 11.5. The molecule has 0 aliphatic rings. The third-order valence-corrected chi connectivity index (χ3v) is 7.16. The van der Waals surface area contributed by atoms with Crippen molar-refractivity contribution in [1.82, 2.24) is 9.97 Å². The number of anilines is 4. The van der Waals surface area contributed by atoms with E-state index in [-0.39, 0.29) is 11.8 Å². The Labute approximate surface area is 322 Å². The smallest absolute Gasteiger partial charge is 0.323 e. The van der Waals surface area contributed by atoms with Crippen LogP contribution in [0.25, 0.3) is 10.8 Å². The minimum absolute atomic E-state index is 0.0248. The topological polar surface area (TPSA) is 150 Å². The zero-order valence-corrected chi connectivity index (χ0v) is 34.3. The number of primary amides is 1. The van der Waals surface area contributed by atoms with Crippen LogP contribution in [0, 0.1) is 0 Å². The molecule has 292 valence electrons. The van der Waals surface area contributed by atoms with Crippen LogP contribution in [0.15, 0.2) is 85.2 Å². The number of nitrogens with one attached hydrogen (secondary N) is 3. The molecule has 3 amide bonds. The fourth-order valence-corrected chi connectivity index (χ4v) is 4.94. The first-order chi connectivity index (χ1) is 26.0. The van der Waals surface area contributed by atoms with E-state index in [0.717, 1.165) is 22.0 Å². The Morgan fingerprint density at radius 1 is 0.722 bits per heavy atom. The number of methoxy groups -OCH3 is 2. The molecule has 2 heterocycles. The van der Waals surface area contributed by atoms with Gasteiger partial charge in [-0.05, 0) is 41.3 Å². The van der Waals surface area contributed by atoms with E-state index in [1.165, 1.54) is 7.11 Å². The fraction of sp³-hybridized carbons (Fsp3) is 0.349. The first kappa shape index (κ1) is 46.2. The summed E-state index contributed by atoms with van der Waals surface area (Å²) in [4.78, 5) is 33.7. The van der Waals surface area contributed by atoms with Gasteiger partial charge in [0.2, 0.25) is 11.8 Å². The van der Waals surface area contributed by atoms with Gasteiger partial charge >= 0.3 is 6.03 Å². The number of rotatable bonds is 10. The molecule has 3 aromatic carbocycles. The number of hydrogen-bond acceptors (Lipinski definition) is 8. The monoisotopic (exact) mass is 740 g/mol. The maximum absolute atomic E-state index is 13.4. The predicted molar refractivity (Wildman–Crippen MR) is 225 cm³/mol. The maximum Gasteiger partial charge on any atom is 0.323 e. The van der Waals surface area contributed by atoms with Crippen molar-refractivity contribution in [1.29, 1.82) is 0 Å². The molecule has 0 fully saturated rings. The Morgan fingerprint density at radius 2 is 1.35 bits per heavy atom. The van der Waals surface area contributed by atoms with Gasteiger partial charge in [-0.3, -0.25) is 4.79 Å². The van der Waals surface area contributed by atoms with Gasteiger partial charge in [-0.1, -0.05) is 106 Å². The fourth-order valence-electron chi connectivity index (χ4n) is 4.94. The van der Waals surface area contributed by atoms with Crippen molar-refractivity contribution in [3.63, 3.8) is 0 Å². The number of ether oxygens (including phenoxy) is 3. The summed E-state index contributed by atoms with van der Waals surface area (Å²) >= 11 is 0. The summed E-state index contributed by atoms with van der Waals surface area (Å²) in [5, 5.41) is 10.7. The summed E-state index contributed by atoms with van der Waals surface area (Å²) in [5.74, 6) is 2.11. The molecule has 0 radical (unpaired) electrons. The maximum atomic E-state index is 13.4. The van der Waals surface area contributed by atoms with E-state index >= 15 is 0 Å². The van der Waals surface area contributed by atoms with E-state index in [1.807, 2.05) is 119 Å². The quantitative estimate of drug-likeness (QED) is 0.110. The molecular weight excluding hydrogens is 681 g/mol. The molecule has 0 bridgehead atoms. The lowest BCUT2D eigenvalue weighted by atomic mass is 9.85. The summed E-state index contributed by atoms with van der Waals surface area (Å²) in [7, 11) is 3.05. The molecule has 0 unspecified atom stereocenters. The lowest BCUT2D eigenvalue weighted by Gasteiger charge is -2.23. The molecule has 11 nitrogen and oxygen atoms in total. The number of benzene rings is 3. The highest BCUT2D eigenvalue weighted by atomic mass is 16.5. The second-order valence-electron chi connectivity index (χ2n) is 11.5. The van der Waals surface area contributed by atoms with Crippen LogP contribution in [0.5, 0.6) is 23.1 Å². The number of carbonyl (C=O) groups excluding carboxylic acids is 2. The summed E-state index contributed by atoms with van der Waals surface area (Å²) < 4.78 is 17.1. The third-order valence-electron chi connectivity index (χ3n) is 7.16. The third kappa shape index (κ3) is 13.3. The zero-order chi connectivity index (χ0) is 40.8. The molecule has 0 aliphatic carbocycles. The van der Waals surface area contributed by atoms with Gasteiger partial charge in [0.05, 0.1) is 32.0 Å². The molecule has 0 spiro atoms. The summed E-state index contributed by atoms with van der Waals surface area (Å²) in [6, 6.07) is 21.6. The molecular formula is C43H60N6O5. The van der Waals surface area contributed by atoms with Crippen molar-refractivity contribution < 1.29 is 23.8 Å². The average molecular weight is 741 g/mol. The number of hydrogen-bond donors (Lipinski definition) is 4. The van der Waals surface area contributed by atoms with Crippen LogP contribution in [-0.4, -0.2) is 36.1 Å². The van der Waals surface area contributed by atoms with E-state index in [9.17, 15) is 9.59 Å². The number of amides is 3. The van der Waals surface area contributed by atoms with E-state index in [4.69, 9.17) is 19.9 Å². The molecule has 54 heavy (non-hydrogen) atoms. The van der Waals surface area contributed by atoms with Crippen LogP contribution in [0.1, 0.15) is 87.3 Å². The highest BCUT2D eigenvalue weighted by Gasteiger charge is 2.22. The predicted octanol–water partition coefficient (Wildman–Crippen LogP) is 11.3. The lowest BCUT2D eigenvalue weighted by molar-refractivity contribution is -0.117. The van der Waals surface area contributed by atoms with Gasteiger partial charge in [-0.2, -0.15) is 0 Å². The van der Waals surface area contributed by atoms with Gasteiger partial charge < -0.3 is 35.9 Å². The Balaban J connectivity index is 0.00000171. The molecule has 5 rings (SSSR count). The number of carbonyl (C=O) groups is 2. The van der Waals surface area contributed by atoms with Gasteiger partial charge in [0.15, 0.2) is 0 Å². The van der Waals surface area contributed by atoms with Crippen LogP contribution < -0.4 is 35.9 Å². The number of fused-ring (bicyclic) bond motifs is 1. The van der Waals surface area contributed by atoms with E-state index in [1.54, 1.807) is 49.8 Å². The molecule has 0 atom stereocenters. The van der Waals surface area contributed by atoms with Crippen molar-refractivity contribution >= 4 is 45.6 Å². The number of nitrogens with two attached hydrogens (primary N) is 1. The SMILES string of the molecule is CC.CC.CC.CC.COc1cc(Nc2cc(Oc3ccc(NC(=O)Nc4cc(C(C)(C)C)cc(CC(N)=O)c4OC)c4ccccc34)ccn2)ccn1. The summed E-state index contributed by atoms with van der Waals surface area (Å²) in [6.45, 7) is 22.1. The summed E-state index contributed by atoms with van der Waals surface area (Å²) in [6.07, 6.45) is 3.27. The highest BCUT2D eigenvalue weighted by molar-refractivity contribution is 6.08. The number of pyridine rings is 2. The zero-order valence-electron chi connectivity index (χ0n) is 34.3. The number of nitrogens with zero attached hydrogens (tertiary/aromatic N) is 2. The first-order valence-corrected chi connectivity index (χ1v) is 18.5. The Morgan fingerprint density at radius 3 is 1.96 bits per heavy atom. The first-order valence-electron chi connectivity index (χ1n) is 18.5. The largest absolute Gasteiger partial charge is 0.494 e. The van der Waals surface area contributed by atoms with E-state index in [0.29, 0.717) is 45.9 Å². The lowest BCUT2D eigenvalue weighted by Crippen LogP contribution is -2.22. The second kappa shape index (κ2) is 23.7. The van der Waals surface area contributed by atoms with Gasteiger partial charge in [0.25, 0.3) is 0 Å². The van der Waals surface area contributed by atoms with Crippen molar-refractivity contribution in [2.24, 2.45) is 5.73 Å². The Hall–Kier alpha value is -5.84. The molecule has 5 N–H and O–H groups in total. The Kier molecular flexibility index (Phi) is 20.2. The number of aromatic nitrogens is 2. The molecule has 11 heteroatoms. The normalized spacial score (nSPS) is 9.87. The molecule has 2 aromatic heterocycles. The van der Waals surface area contributed by atoms with Crippen LogP contribution >= 0.6 is 0 Å². The van der Waals surface area contributed by atoms with Gasteiger partial charge in [0.1, 0.15) is 23.1 Å². The molecule has 0 aliphatic heterocycles. The molecule has 0 saturated carbocycles. The van der Waals surface area contributed by atoms with Crippen molar-refractivity contribution in [2.45, 2.75) is 88.0 Å². The summed E-state index contributed by atoms with van der Waals surface area (Å²) in [5.41, 5.74) is 8.54. The average Bonchev–Trinajstić information content (AvgIpc) is 3.18. The minimum atomic E-state index is -0.498. The van der Waals surface area contributed by atoms with Crippen molar-refractivity contribution in [3.05, 3.63) is 96.3 Å². The van der Waals surface area contributed by atoms with Gasteiger partial charge in [-0.25, -0.2) is 14.8 Å². The van der Waals surface area contributed by atoms with Gasteiger partial charge in [0, 0.05) is 46.5 Å². The Bertz CT molecular complexity index is 1910. The molecule has 0 saturated heterocycles. The van der Waals surface area contributed by atoms with E-state index in [2.05, 4.69) is 25.9 Å². The van der Waals surface area contributed by atoms with E-state index < -0.39 is 11.9 Å². The van der Waals surface area contributed by atoms with Crippen LogP contribution in [0.4, 0.5) is 27.7 Å². The van der Waals surface area contributed by atoms with Crippen molar-refractivity contribution in [2.75, 3.05) is 30.2 Å². The number of urea groups is 1. The minimum Gasteiger partial charge on any atom is -0.494 e. The standard InChI is InChI=1S/C35H36N6O5.4C2H6/c1-35(2,3)22-16-21(17-30(36)42)33(45-5)28(18-22)41-34(43)40-27-10-11-29(26-9-7-6-8-25(26)27)46-24-13-15-37-31(20-24)39-23-12-14-38-32(19-23)44-4;4*1-2/h6-16,18-20H,17H2,1-5H3,(H2,36,42)(H,37,38,39)(H2,40,41,43);4*1-2H3. The molecule has 5 aromatic rings. The van der Waals surface area contributed by atoms with Crippen molar-refractivity contribution in [3.8, 4) is 23.1 Å².